The van der Waals surface area contributed by atoms with Crippen LogP contribution in [0.4, 0.5) is 0 Å². The van der Waals surface area contributed by atoms with Gasteiger partial charge in [0.25, 0.3) is 5.89 Å². The Labute approximate surface area is 112 Å². The lowest BCUT2D eigenvalue weighted by Crippen LogP contribution is -2.24. The van der Waals surface area contributed by atoms with E-state index in [9.17, 15) is 0 Å². The molecular formula is C10H12IN3OS. The van der Waals surface area contributed by atoms with Crippen molar-refractivity contribution in [2.75, 3.05) is 7.05 Å². The highest BCUT2D eigenvalue weighted by Crippen LogP contribution is 2.25. The summed E-state index contributed by atoms with van der Waals surface area (Å²) in [6.45, 7) is 2.09. The Morgan fingerprint density at radius 2 is 2.44 bits per heavy atom. The van der Waals surface area contributed by atoms with Crippen molar-refractivity contribution in [2.45, 2.75) is 19.4 Å². The molecule has 6 heteroatoms. The minimum absolute atomic E-state index is 0.355. The molecule has 0 aliphatic carbocycles. The monoisotopic (exact) mass is 349 g/mol. The van der Waals surface area contributed by atoms with Gasteiger partial charge in [-0.25, -0.2) is 0 Å². The third-order valence-electron chi connectivity index (χ3n) is 2.26. The first-order chi connectivity index (χ1) is 7.69. The molecular weight excluding hydrogens is 337 g/mol. The molecule has 1 N–H and O–H groups in total. The van der Waals surface area contributed by atoms with Crippen LogP contribution in [-0.4, -0.2) is 23.2 Å². The van der Waals surface area contributed by atoms with Crippen molar-refractivity contribution in [1.82, 2.24) is 15.5 Å². The SMILES string of the molecule is CNC(C)Cc1noc(-c2csc(I)c2)n1. The van der Waals surface area contributed by atoms with Crippen molar-refractivity contribution in [2.24, 2.45) is 0 Å². The van der Waals surface area contributed by atoms with E-state index in [-0.39, 0.29) is 0 Å². The van der Waals surface area contributed by atoms with Gasteiger partial charge in [-0.3, -0.25) is 0 Å². The minimum atomic E-state index is 0.355. The van der Waals surface area contributed by atoms with E-state index in [1.54, 1.807) is 11.3 Å². The third-order valence-corrected chi connectivity index (χ3v) is 4.05. The largest absolute Gasteiger partial charge is 0.334 e. The molecule has 0 spiro atoms. The summed E-state index contributed by atoms with van der Waals surface area (Å²) in [6.07, 6.45) is 0.779. The highest BCUT2D eigenvalue weighted by Gasteiger charge is 2.12. The number of nitrogens with zero attached hydrogens (tertiary/aromatic N) is 2. The predicted molar refractivity (Wildman–Crippen MR) is 72.6 cm³/mol. The van der Waals surface area contributed by atoms with Gasteiger partial charge in [0.1, 0.15) is 0 Å². The summed E-state index contributed by atoms with van der Waals surface area (Å²) >= 11 is 3.95. The summed E-state index contributed by atoms with van der Waals surface area (Å²) < 4.78 is 6.44. The summed E-state index contributed by atoms with van der Waals surface area (Å²) in [5.41, 5.74) is 1.00. The highest BCUT2D eigenvalue weighted by molar-refractivity contribution is 14.1. The Balaban J connectivity index is 2.13. The lowest BCUT2D eigenvalue weighted by molar-refractivity contribution is 0.418. The number of thiophene rings is 1. The maximum Gasteiger partial charge on any atom is 0.258 e. The van der Waals surface area contributed by atoms with Crippen LogP contribution in [0.15, 0.2) is 16.0 Å². The molecule has 2 rings (SSSR count). The van der Waals surface area contributed by atoms with Crippen molar-refractivity contribution in [3.8, 4) is 11.5 Å². The summed E-state index contributed by atoms with van der Waals surface area (Å²) in [5, 5.41) is 9.14. The molecule has 2 aromatic heterocycles. The standard InChI is InChI=1S/C10H12IN3OS/c1-6(12-2)3-9-13-10(15-14-9)7-4-8(11)16-5-7/h4-6,12H,3H2,1-2H3. The maximum atomic E-state index is 5.22. The van der Waals surface area contributed by atoms with Gasteiger partial charge in [0, 0.05) is 17.8 Å². The fourth-order valence-electron chi connectivity index (χ4n) is 1.25. The van der Waals surface area contributed by atoms with Crippen LogP contribution in [0.1, 0.15) is 12.7 Å². The molecule has 0 aliphatic rings. The topological polar surface area (TPSA) is 51.0 Å². The lowest BCUT2D eigenvalue weighted by atomic mass is 10.2. The smallest absolute Gasteiger partial charge is 0.258 e. The normalized spacial score (nSPS) is 12.9. The Morgan fingerprint density at radius 3 is 3.06 bits per heavy atom. The van der Waals surface area contributed by atoms with Gasteiger partial charge in [0.05, 0.1) is 8.45 Å². The van der Waals surface area contributed by atoms with Crippen molar-refractivity contribution < 1.29 is 4.52 Å². The highest BCUT2D eigenvalue weighted by atomic mass is 127. The summed E-state index contributed by atoms with van der Waals surface area (Å²) in [7, 11) is 1.92. The molecule has 86 valence electrons. The Hall–Kier alpha value is -0.470. The molecule has 0 saturated carbocycles. The zero-order valence-corrected chi connectivity index (χ0v) is 12.0. The molecule has 4 nitrogen and oxygen atoms in total. The van der Waals surface area contributed by atoms with Gasteiger partial charge in [0.15, 0.2) is 5.82 Å². The van der Waals surface area contributed by atoms with Gasteiger partial charge in [-0.15, -0.1) is 11.3 Å². The molecule has 0 aliphatic heterocycles. The molecule has 0 aromatic carbocycles. The van der Waals surface area contributed by atoms with Crippen LogP contribution in [0.25, 0.3) is 11.5 Å². The van der Waals surface area contributed by atoms with Crippen LogP contribution in [0.3, 0.4) is 0 Å². The van der Waals surface area contributed by atoms with E-state index < -0.39 is 0 Å². The van der Waals surface area contributed by atoms with Crippen LogP contribution < -0.4 is 5.32 Å². The van der Waals surface area contributed by atoms with E-state index in [0.29, 0.717) is 11.9 Å². The fraction of sp³-hybridized carbons (Fsp3) is 0.400. The second kappa shape index (κ2) is 5.24. The van der Waals surface area contributed by atoms with Gasteiger partial charge < -0.3 is 9.84 Å². The quantitative estimate of drug-likeness (QED) is 0.862. The van der Waals surface area contributed by atoms with Crippen LogP contribution in [0.2, 0.25) is 0 Å². The molecule has 1 atom stereocenters. The second-order valence-electron chi connectivity index (χ2n) is 3.55. The average molecular weight is 349 g/mol. The Kier molecular flexibility index (Phi) is 3.93. The van der Waals surface area contributed by atoms with Gasteiger partial charge in [0.2, 0.25) is 0 Å². The number of halogens is 1. The van der Waals surface area contributed by atoms with Gasteiger partial charge >= 0.3 is 0 Å². The number of hydrogen-bond acceptors (Lipinski definition) is 5. The molecule has 0 bridgehead atoms. The molecule has 1 unspecified atom stereocenters. The summed E-state index contributed by atoms with van der Waals surface area (Å²) in [4.78, 5) is 4.37. The molecule has 2 aromatic rings. The molecule has 0 fully saturated rings. The lowest BCUT2D eigenvalue weighted by Gasteiger charge is -2.04. The molecule has 0 radical (unpaired) electrons. The van der Waals surface area contributed by atoms with Crippen LogP contribution in [-0.2, 0) is 6.42 Å². The van der Waals surface area contributed by atoms with Crippen molar-refractivity contribution in [3.63, 3.8) is 0 Å². The van der Waals surface area contributed by atoms with Gasteiger partial charge in [-0.2, -0.15) is 4.98 Å². The number of rotatable bonds is 4. The van der Waals surface area contributed by atoms with Crippen molar-refractivity contribution in [1.29, 1.82) is 0 Å². The molecule has 0 saturated heterocycles. The second-order valence-corrected chi connectivity index (χ2v) is 6.35. The first-order valence-corrected chi connectivity index (χ1v) is 6.89. The van der Waals surface area contributed by atoms with E-state index in [2.05, 4.69) is 45.0 Å². The van der Waals surface area contributed by atoms with E-state index in [1.807, 2.05) is 18.5 Å². The Bertz CT molecular complexity index is 468. The summed E-state index contributed by atoms with van der Waals surface area (Å²) in [6, 6.07) is 2.40. The van der Waals surface area contributed by atoms with E-state index in [0.717, 1.165) is 17.8 Å². The van der Waals surface area contributed by atoms with Crippen LogP contribution >= 0.6 is 33.9 Å². The van der Waals surface area contributed by atoms with Crippen molar-refractivity contribution in [3.05, 3.63) is 20.2 Å². The minimum Gasteiger partial charge on any atom is -0.334 e. The Morgan fingerprint density at radius 1 is 1.62 bits per heavy atom. The van der Waals surface area contributed by atoms with Crippen LogP contribution in [0.5, 0.6) is 0 Å². The zero-order valence-electron chi connectivity index (χ0n) is 9.03. The first-order valence-electron chi connectivity index (χ1n) is 4.93. The van der Waals surface area contributed by atoms with E-state index in [1.165, 1.54) is 2.88 Å². The maximum absolute atomic E-state index is 5.22. The first kappa shape index (κ1) is 12.0. The number of aromatic nitrogens is 2. The summed E-state index contributed by atoms with van der Waals surface area (Å²) in [5.74, 6) is 1.36. The van der Waals surface area contributed by atoms with Crippen molar-refractivity contribution >= 4 is 33.9 Å². The number of hydrogen-bond donors (Lipinski definition) is 1. The number of nitrogens with one attached hydrogen (secondary N) is 1. The van der Waals surface area contributed by atoms with E-state index in [4.69, 9.17) is 4.52 Å². The number of likely N-dealkylation sites (N-methyl/N-ethyl adjacent to an activating group) is 1. The van der Waals surface area contributed by atoms with Gasteiger partial charge in [-0.05, 0) is 42.6 Å². The molecule has 0 amide bonds. The average Bonchev–Trinajstić information content (AvgIpc) is 2.87. The predicted octanol–water partition coefficient (Wildman–Crippen LogP) is 2.55. The van der Waals surface area contributed by atoms with Crippen LogP contribution in [0, 0.1) is 2.88 Å². The third kappa shape index (κ3) is 2.80. The van der Waals surface area contributed by atoms with E-state index >= 15 is 0 Å². The van der Waals surface area contributed by atoms with Gasteiger partial charge in [-0.1, -0.05) is 5.16 Å². The molecule has 2 heterocycles. The zero-order chi connectivity index (χ0) is 11.5. The fourth-order valence-corrected chi connectivity index (χ4v) is 2.57. The molecule has 16 heavy (non-hydrogen) atoms.